The van der Waals surface area contributed by atoms with Crippen LogP contribution >= 0.6 is 11.3 Å². The molecule has 0 radical (unpaired) electrons. The lowest BCUT2D eigenvalue weighted by molar-refractivity contribution is -0.122. The molecular formula is C32H22N4O2S. The van der Waals surface area contributed by atoms with Gasteiger partial charge in [0.2, 0.25) is 16.9 Å². The van der Waals surface area contributed by atoms with Crippen molar-refractivity contribution in [2.45, 2.75) is 11.3 Å². The van der Waals surface area contributed by atoms with E-state index in [1.807, 2.05) is 85.1 Å². The van der Waals surface area contributed by atoms with Gasteiger partial charge < -0.3 is 0 Å². The molecule has 4 aromatic carbocycles. The number of nitrogens with one attached hydrogen (secondary N) is 1. The largest absolute Gasteiger partial charge is 0.274 e. The first-order valence-electron chi connectivity index (χ1n) is 13.0. The maximum Gasteiger partial charge on any atom is 0.239 e. The highest BCUT2D eigenvalue weighted by atomic mass is 32.1. The number of fused-ring (bicyclic) bond motifs is 1. The van der Waals surface area contributed by atoms with Gasteiger partial charge in [-0.05, 0) is 46.5 Å². The Kier molecular flexibility index (Phi) is 4.70. The van der Waals surface area contributed by atoms with E-state index in [4.69, 9.17) is 5.10 Å². The zero-order chi connectivity index (χ0) is 26.1. The smallest absolute Gasteiger partial charge is 0.239 e. The molecule has 2 bridgehead atoms. The van der Waals surface area contributed by atoms with Gasteiger partial charge in [-0.25, -0.2) is 9.88 Å². The Hall–Kier alpha value is -4.62. The van der Waals surface area contributed by atoms with Gasteiger partial charge in [-0.3, -0.25) is 15.0 Å². The first kappa shape index (κ1) is 22.4. The number of rotatable bonds is 4. The van der Waals surface area contributed by atoms with Crippen LogP contribution in [-0.4, -0.2) is 23.0 Å². The molecule has 188 valence electrons. The summed E-state index contributed by atoms with van der Waals surface area (Å²) in [5, 5.41) is 5.41. The van der Waals surface area contributed by atoms with Crippen LogP contribution < -0.4 is 10.3 Å². The Morgan fingerprint density at radius 1 is 0.795 bits per heavy atom. The second-order valence-corrected chi connectivity index (χ2v) is 11.3. The van der Waals surface area contributed by atoms with Crippen LogP contribution in [0, 0.1) is 11.8 Å². The number of thiazole rings is 1. The SMILES string of the molecule is O=C1[C@@H]2C3c4ccccc4C(/C=N\Nc4nc5ccccc5s4)(c4ccccc43)[C@@H]2C(=O)N1c1ccccc1. The monoisotopic (exact) mass is 526 g/mol. The third-order valence-corrected chi connectivity index (χ3v) is 9.36. The number of carbonyl (C=O) groups excluding carboxylic acids is 2. The first-order valence-corrected chi connectivity index (χ1v) is 13.8. The van der Waals surface area contributed by atoms with Crippen molar-refractivity contribution in [1.29, 1.82) is 0 Å². The number of benzene rings is 4. The van der Waals surface area contributed by atoms with Crippen LogP contribution in [0.5, 0.6) is 0 Å². The number of aromatic nitrogens is 1. The standard InChI is InChI=1S/C32H22N4O2S/c37-29-27-26-20-12-4-6-14-22(20)32(23-15-7-5-13-21(23)26,28(27)30(38)36(29)19-10-2-1-3-11-19)18-33-35-31-34-24-16-8-9-17-25(24)39-31/h1-18,26-28H,(H,34,35)/b33-18-/t26?,27-,28+,32?/m1/s1. The van der Waals surface area contributed by atoms with E-state index < -0.39 is 17.3 Å². The highest BCUT2D eigenvalue weighted by Gasteiger charge is 2.68. The van der Waals surface area contributed by atoms with E-state index in [9.17, 15) is 9.59 Å². The molecule has 39 heavy (non-hydrogen) atoms. The molecule has 1 aliphatic heterocycles. The van der Waals surface area contributed by atoms with E-state index in [0.717, 1.165) is 32.5 Å². The molecule has 0 spiro atoms. The van der Waals surface area contributed by atoms with Gasteiger partial charge in [-0.15, -0.1) is 0 Å². The molecule has 2 atom stereocenters. The van der Waals surface area contributed by atoms with Gasteiger partial charge in [-0.1, -0.05) is 90.2 Å². The van der Waals surface area contributed by atoms with Crippen molar-refractivity contribution in [2.75, 3.05) is 10.3 Å². The summed E-state index contributed by atoms with van der Waals surface area (Å²) in [5.41, 5.74) is 7.96. The van der Waals surface area contributed by atoms with Crippen LogP contribution in [0.15, 0.2) is 108 Å². The topological polar surface area (TPSA) is 74.7 Å². The Labute approximate surface area is 228 Å². The molecule has 5 aromatic rings. The maximum absolute atomic E-state index is 14.3. The van der Waals surface area contributed by atoms with E-state index in [2.05, 4.69) is 34.7 Å². The van der Waals surface area contributed by atoms with Gasteiger partial charge in [0.25, 0.3) is 0 Å². The second-order valence-electron chi connectivity index (χ2n) is 10.2. The zero-order valence-electron chi connectivity index (χ0n) is 20.7. The Morgan fingerprint density at radius 2 is 1.44 bits per heavy atom. The van der Waals surface area contributed by atoms with Gasteiger partial charge >= 0.3 is 0 Å². The fourth-order valence-electron chi connectivity index (χ4n) is 6.99. The molecule has 7 heteroatoms. The van der Waals surface area contributed by atoms with Gasteiger partial charge in [0.15, 0.2) is 0 Å². The third-order valence-electron chi connectivity index (χ3n) is 8.42. The summed E-state index contributed by atoms with van der Waals surface area (Å²) < 4.78 is 1.07. The van der Waals surface area contributed by atoms with Crippen molar-refractivity contribution < 1.29 is 9.59 Å². The van der Waals surface area contributed by atoms with Gasteiger partial charge in [0, 0.05) is 12.1 Å². The number of nitrogens with zero attached hydrogens (tertiary/aromatic N) is 3. The van der Waals surface area contributed by atoms with E-state index in [0.29, 0.717) is 10.8 Å². The quantitative estimate of drug-likeness (QED) is 0.179. The fraction of sp³-hybridized carbons (Fsp3) is 0.125. The fourth-order valence-corrected chi connectivity index (χ4v) is 7.81. The average molecular weight is 527 g/mol. The van der Waals surface area contributed by atoms with E-state index >= 15 is 0 Å². The molecule has 1 N–H and O–H groups in total. The van der Waals surface area contributed by atoms with Crippen LogP contribution in [0.3, 0.4) is 0 Å². The molecule has 4 aliphatic rings. The second kappa shape index (κ2) is 8.19. The number of amides is 2. The minimum Gasteiger partial charge on any atom is -0.274 e. The van der Waals surface area contributed by atoms with E-state index in [-0.39, 0.29) is 17.7 Å². The first-order chi connectivity index (χ1) is 19.2. The number of hydrogen-bond donors (Lipinski definition) is 1. The minimum absolute atomic E-state index is 0.151. The predicted octanol–water partition coefficient (Wildman–Crippen LogP) is 5.95. The highest BCUT2D eigenvalue weighted by molar-refractivity contribution is 7.22. The van der Waals surface area contributed by atoms with Crippen LogP contribution in [0.2, 0.25) is 0 Å². The number of hydrazone groups is 1. The Balaban J connectivity index is 1.32. The van der Waals surface area contributed by atoms with Crippen LogP contribution in [0.1, 0.15) is 28.2 Å². The molecule has 6 nitrogen and oxygen atoms in total. The van der Waals surface area contributed by atoms with Crippen molar-refractivity contribution >= 4 is 50.4 Å². The average Bonchev–Trinajstić information content (AvgIpc) is 3.52. The van der Waals surface area contributed by atoms with Crippen LogP contribution in [-0.2, 0) is 15.0 Å². The molecule has 9 rings (SSSR count). The normalized spacial score (nSPS) is 24.7. The van der Waals surface area contributed by atoms with Gasteiger partial charge in [-0.2, -0.15) is 5.10 Å². The number of imide groups is 1. The van der Waals surface area contributed by atoms with E-state index in [1.165, 1.54) is 16.2 Å². The van der Waals surface area contributed by atoms with Gasteiger partial charge in [0.1, 0.15) is 0 Å². The molecule has 1 saturated heterocycles. The van der Waals surface area contributed by atoms with Crippen LogP contribution in [0.25, 0.3) is 10.2 Å². The predicted molar refractivity (Wildman–Crippen MR) is 153 cm³/mol. The minimum atomic E-state index is -0.910. The van der Waals surface area contributed by atoms with Gasteiger partial charge in [0.05, 0.1) is 33.2 Å². The third kappa shape index (κ3) is 2.96. The van der Waals surface area contributed by atoms with Crippen LogP contribution in [0.4, 0.5) is 10.8 Å². The summed E-state index contributed by atoms with van der Waals surface area (Å²) in [6, 6.07) is 33.6. The lowest BCUT2D eigenvalue weighted by Gasteiger charge is -2.52. The highest BCUT2D eigenvalue weighted by Crippen LogP contribution is 2.63. The number of carbonyl (C=O) groups is 2. The van der Waals surface area contributed by atoms with Crippen molar-refractivity contribution in [3.63, 3.8) is 0 Å². The molecule has 0 unspecified atom stereocenters. The summed E-state index contributed by atoms with van der Waals surface area (Å²) >= 11 is 1.52. The molecule has 1 aromatic heterocycles. The summed E-state index contributed by atoms with van der Waals surface area (Å²) in [7, 11) is 0. The van der Waals surface area contributed by atoms with Crippen molar-refractivity contribution in [2.24, 2.45) is 16.9 Å². The van der Waals surface area contributed by atoms with Crippen molar-refractivity contribution in [3.8, 4) is 0 Å². The van der Waals surface area contributed by atoms with E-state index in [1.54, 1.807) is 0 Å². The molecular weight excluding hydrogens is 504 g/mol. The molecule has 3 aliphatic carbocycles. The lowest BCUT2D eigenvalue weighted by atomic mass is 9.47. The number of hydrogen-bond acceptors (Lipinski definition) is 6. The molecule has 2 heterocycles. The molecule has 0 saturated carbocycles. The summed E-state index contributed by atoms with van der Waals surface area (Å²) in [6.07, 6.45) is 1.85. The number of anilines is 2. The maximum atomic E-state index is 14.3. The summed E-state index contributed by atoms with van der Waals surface area (Å²) in [4.78, 5) is 34.5. The molecule has 2 amide bonds. The Morgan fingerprint density at radius 3 is 2.15 bits per heavy atom. The van der Waals surface area contributed by atoms with Crippen molar-refractivity contribution in [1.82, 2.24) is 4.98 Å². The summed E-state index contributed by atoms with van der Waals surface area (Å²) in [5.74, 6) is -1.66. The number of para-hydroxylation sites is 2. The Bertz CT molecular complexity index is 1750. The molecule has 1 fully saturated rings. The summed E-state index contributed by atoms with van der Waals surface area (Å²) in [6.45, 7) is 0. The van der Waals surface area contributed by atoms with Crippen molar-refractivity contribution in [3.05, 3.63) is 125 Å². The zero-order valence-corrected chi connectivity index (χ0v) is 21.5. The lowest BCUT2D eigenvalue weighted by Crippen LogP contribution is -2.54.